The molecule has 6 rings (SSSR count). The maximum atomic E-state index is 13.3. The molecule has 0 spiro atoms. The number of morpholine rings is 1. The van der Waals surface area contributed by atoms with Crippen molar-refractivity contribution in [2.24, 2.45) is 16.6 Å². The highest BCUT2D eigenvalue weighted by Gasteiger charge is 2.26. The Morgan fingerprint density at radius 3 is 2.54 bits per heavy atom. The summed E-state index contributed by atoms with van der Waals surface area (Å²) < 4.78 is 24.1. The van der Waals surface area contributed by atoms with Crippen LogP contribution in [-0.4, -0.2) is 50.0 Å². The van der Waals surface area contributed by atoms with Gasteiger partial charge in [0.1, 0.15) is 11.4 Å². The van der Waals surface area contributed by atoms with E-state index in [1.54, 1.807) is 6.07 Å². The standard InChI is InChI=1S/C15H13N3O.C13H14FN3O3/c16-14-15(19)17-12-9-5-4-8-11(12)13(18-14)10-6-2-1-3-7-10;14-8-1-2-9-10(7-8)19-12(13(15)20-16)11(9)17-3-5-18-6-4-17/h1-9,14H,16H2,(H,17,19);1-2,7,15H,3-6,16H2. The van der Waals surface area contributed by atoms with Crippen LogP contribution in [0, 0.1) is 11.2 Å². The van der Waals surface area contributed by atoms with Crippen molar-refractivity contribution in [3.63, 3.8) is 0 Å². The summed E-state index contributed by atoms with van der Waals surface area (Å²) in [6, 6.07) is 21.6. The van der Waals surface area contributed by atoms with Crippen molar-refractivity contribution in [3.8, 4) is 0 Å². The minimum atomic E-state index is -0.886. The fraction of sp³-hybridized carbons (Fsp3) is 0.179. The number of nitrogens with zero attached hydrogens (tertiary/aromatic N) is 2. The van der Waals surface area contributed by atoms with Gasteiger partial charge >= 0.3 is 0 Å². The second-order valence-electron chi connectivity index (χ2n) is 8.79. The third kappa shape index (κ3) is 5.50. The summed E-state index contributed by atoms with van der Waals surface area (Å²) in [5, 5.41) is 11.3. The van der Waals surface area contributed by atoms with Gasteiger partial charge in [-0.2, -0.15) is 5.90 Å². The maximum absolute atomic E-state index is 13.3. The van der Waals surface area contributed by atoms with Gasteiger partial charge in [0.25, 0.3) is 11.8 Å². The predicted molar refractivity (Wildman–Crippen MR) is 146 cm³/mol. The first-order valence-corrected chi connectivity index (χ1v) is 12.3. The molecule has 1 saturated heterocycles. The second kappa shape index (κ2) is 11.4. The smallest absolute Gasteiger partial charge is 0.275 e. The van der Waals surface area contributed by atoms with E-state index < -0.39 is 12.0 Å². The van der Waals surface area contributed by atoms with Gasteiger partial charge in [0.05, 0.1) is 30.3 Å². The molecule has 1 fully saturated rings. The number of para-hydroxylation sites is 1. The highest BCUT2D eigenvalue weighted by atomic mass is 19.1. The average molecular weight is 531 g/mol. The molecule has 1 amide bonds. The summed E-state index contributed by atoms with van der Waals surface area (Å²) in [6.45, 7) is 2.50. The predicted octanol–water partition coefficient (Wildman–Crippen LogP) is 3.39. The van der Waals surface area contributed by atoms with E-state index in [0.29, 0.717) is 37.6 Å². The molecule has 3 aromatic carbocycles. The fourth-order valence-electron chi connectivity index (χ4n) is 4.46. The molecule has 0 saturated carbocycles. The Kier molecular flexibility index (Phi) is 7.64. The molecule has 1 aromatic heterocycles. The van der Waals surface area contributed by atoms with Gasteiger partial charge in [0.15, 0.2) is 6.17 Å². The molecule has 6 N–H and O–H groups in total. The van der Waals surface area contributed by atoms with Crippen molar-refractivity contribution < 1.29 is 23.2 Å². The third-order valence-corrected chi connectivity index (χ3v) is 6.30. The van der Waals surface area contributed by atoms with Gasteiger partial charge in [-0.3, -0.25) is 15.2 Å². The Labute approximate surface area is 223 Å². The average Bonchev–Trinajstić information content (AvgIpc) is 3.29. The Morgan fingerprint density at radius 1 is 1.08 bits per heavy atom. The van der Waals surface area contributed by atoms with Crippen LogP contribution in [0.3, 0.4) is 0 Å². The summed E-state index contributed by atoms with van der Waals surface area (Å²) in [5.74, 6) is 4.28. The Balaban J connectivity index is 0.000000158. The van der Waals surface area contributed by atoms with Crippen molar-refractivity contribution in [3.05, 3.63) is 95.5 Å². The molecular weight excluding hydrogens is 503 g/mol. The number of hydrogen-bond acceptors (Lipinski definition) is 9. The number of halogens is 1. The third-order valence-electron chi connectivity index (χ3n) is 6.30. The summed E-state index contributed by atoms with van der Waals surface area (Å²) in [7, 11) is 0. The molecule has 1 atom stereocenters. The minimum absolute atomic E-state index is 0.204. The lowest BCUT2D eigenvalue weighted by atomic mass is 10.0. The largest absolute Gasteiger partial charge is 0.449 e. The summed E-state index contributed by atoms with van der Waals surface area (Å²) in [6.07, 6.45) is -0.886. The number of amides is 1. The number of benzodiazepines with no additional fused rings is 1. The number of carbonyl (C=O) groups excluding carboxylic acids is 1. The first-order valence-electron chi connectivity index (χ1n) is 12.3. The first kappa shape index (κ1) is 26.0. The highest BCUT2D eigenvalue weighted by Crippen LogP contribution is 2.35. The molecule has 10 nitrogen and oxygen atoms in total. The normalized spacial score (nSPS) is 16.8. The van der Waals surface area contributed by atoms with Gasteiger partial charge in [-0.25, -0.2) is 4.39 Å². The SMILES string of the molecule is N=C(ON)c1oc2cc(F)ccc2c1N1CCOCC1.NC1N=C(c2ccccc2)c2ccccc2NC1=O. The van der Waals surface area contributed by atoms with Gasteiger partial charge in [-0.05, 0) is 18.2 Å². The minimum Gasteiger partial charge on any atom is -0.449 e. The van der Waals surface area contributed by atoms with Gasteiger partial charge in [-0.15, -0.1) is 0 Å². The molecule has 200 valence electrons. The van der Waals surface area contributed by atoms with Crippen LogP contribution in [0.5, 0.6) is 0 Å². The zero-order valence-electron chi connectivity index (χ0n) is 20.9. The number of aliphatic imine (C=N–C) groups is 1. The first-order chi connectivity index (χ1) is 19.0. The van der Waals surface area contributed by atoms with Crippen molar-refractivity contribution in [2.45, 2.75) is 6.17 Å². The van der Waals surface area contributed by atoms with Gasteiger partial charge in [0.2, 0.25) is 5.76 Å². The zero-order chi connectivity index (χ0) is 27.4. The van der Waals surface area contributed by atoms with Crippen LogP contribution in [0.15, 0.2) is 82.2 Å². The van der Waals surface area contributed by atoms with Crippen LogP contribution in [0.2, 0.25) is 0 Å². The maximum Gasteiger partial charge on any atom is 0.275 e. The van der Waals surface area contributed by atoms with Crippen LogP contribution in [0.25, 0.3) is 11.0 Å². The van der Waals surface area contributed by atoms with E-state index in [1.165, 1.54) is 12.1 Å². The number of nitrogens with one attached hydrogen (secondary N) is 2. The lowest BCUT2D eigenvalue weighted by molar-refractivity contribution is -0.117. The zero-order valence-corrected chi connectivity index (χ0v) is 20.9. The fourth-order valence-corrected chi connectivity index (χ4v) is 4.46. The van der Waals surface area contributed by atoms with E-state index in [1.807, 2.05) is 59.5 Å². The summed E-state index contributed by atoms with van der Waals surface area (Å²) in [4.78, 5) is 22.7. The van der Waals surface area contributed by atoms with E-state index in [2.05, 4.69) is 15.1 Å². The van der Waals surface area contributed by atoms with E-state index in [4.69, 9.17) is 26.2 Å². The summed E-state index contributed by atoms with van der Waals surface area (Å²) >= 11 is 0. The van der Waals surface area contributed by atoms with E-state index in [0.717, 1.165) is 27.9 Å². The molecule has 0 aliphatic carbocycles. The number of rotatable bonds is 3. The molecular formula is C28H27FN6O4. The lowest BCUT2D eigenvalue weighted by Gasteiger charge is -2.28. The number of carbonyl (C=O) groups is 1. The van der Waals surface area contributed by atoms with Crippen LogP contribution in [0.1, 0.15) is 16.9 Å². The van der Waals surface area contributed by atoms with E-state index in [-0.39, 0.29) is 17.6 Å². The summed E-state index contributed by atoms with van der Waals surface area (Å²) in [5.41, 5.74) is 10.2. The van der Waals surface area contributed by atoms with Gasteiger partial charge in [-0.1, -0.05) is 48.5 Å². The highest BCUT2D eigenvalue weighted by molar-refractivity contribution is 6.19. The van der Waals surface area contributed by atoms with Crippen molar-refractivity contribution >= 4 is 39.9 Å². The molecule has 11 heteroatoms. The molecule has 0 radical (unpaired) electrons. The van der Waals surface area contributed by atoms with Crippen LogP contribution in [-0.2, 0) is 14.4 Å². The lowest BCUT2D eigenvalue weighted by Crippen LogP contribution is -2.37. The Morgan fingerprint density at radius 2 is 1.79 bits per heavy atom. The number of anilines is 2. The number of ether oxygens (including phenoxy) is 1. The van der Waals surface area contributed by atoms with Crippen LogP contribution < -0.4 is 21.8 Å². The molecule has 39 heavy (non-hydrogen) atoms. The second-order valence-corrected chi connectivity index (χ2v) is 8.79. The topological polar surface area (TPSA) is 152 Å². The van der Waals surface area contributed by atoms with Crippen LogP contribution >= 0.6 is 0 Å². The number of furan rings is 1. The number of nitrogens with two attached hydrogens (primary N) is 2. The Bertz CT molecular complexity index is 1530. The van der Waals surface area contributed by atoms with Crippen molar-refractivity contribution in [1.29, 1.82) is 5.41 Å². The molecule has 2 aliphatic heterocycles. The van der Waals surface area contributed by atoms with Crippen molar-refractivity contribution in [1.82, 2.24) is 0 Å². The Hall–Kier alpha value is -4.58. The monoisotopic (exact) mass is 530 g/mol. The number of fused-ring (bicyclic) bond motifs is 2. The molecule has 4 aromatic rings. The quantitative estimate of drug-likeness (QED) is 0.180. The molecule has 0 bridgehead atoms. The number of benzene rings is 3. The van der Waals surface area contributed by atoms with Crippen LogP contribution in [0.4, 0.5) is 15.8 Å². The van der Waals surface area contributed by atoms with E-state index in [9.17, 15) is 9.18 Å². The van der Waals surface area contributed by atoms with Gasteiger partial charge < -0.3 is 29.9 Å². The number of hydrogen-bond donors (Lipinski definition) is 4. The molecule has 3 heterocycles. The molecule has 1 unspecified atom stereocenters. The van der Waals surface area contributed by atoms with Crippen molar-refractivity contribution in [2.75, 3.05) is 36.5 Å². The van der Waals surface area contributed by atoms with E-state index >= 15 is 0 Å². The molecule has 2 aliphatic rings. The van der Waals surface area contributed by atoms with Gasteiger partial charge in [0, 0.05) is 35.7 Å².